The third-order valence-electron chi connectivity index (χ3n) is 5.21. The molecule has 1 aliphatic rings. The molecule has 0 aromatic heterocycles. The zero-order valence-corrected chi connectivity index (χ0v) is 15.7. The summed E-state index contributed by atoms with van der Waals surface area (Å²) in [6.45, 7) is 7.83. The molecule has 0 bridgehead atoms. The minimum Gasteiger partial charge on any atom is -0.335 e. The van der Waals surface area contributed by atoms with Crippen LogP contribution in [0.25, 0.3) is 0 Å². The van der Waals surface area contributed by atoms with E-state index in [2.05, 4.69) is 27.2 Å². The Morgan fingerprint density at radius 2 is 1.88 bits per heavy atom. The minimum atomic E-state index is -0.349. The average molecular weight is 362 g/mol. The first-order valence-electron chi connectivity index (χ1n) is 9.39. The van der Waals surface area contributed by atoms with Gasteiger partial charge in [0.15, 0.2) is 0 Å². The zero-order chi connectivity index (χ0) is 19.4. The van der Waals surface area contributed by atoms with E-state index < -0.39 is 0 Å². The van der Waals surface area contributed by atoms with E-state index in [0.717, 1.165) is 25.7 Å². The van der Waals surface area contributed by atoms with Crippen molar-refractivity contribution in [2.45, 2.75) is 70.5 Å². The average Bonchev–Trinajstić information content (AvgIpc) is 2.66. The highest BCUT2D eigenvalue weighted by atomic mass is 16.2. The molecule has 3 atom stereocenters. The molecular formula is C19H30N4O3. The SMILES string of the molecule is C=CC1CCC(NC(=O)NC(CC)C(CN=C=O)C(CC)N=C=O)CC1. The quantitative estimate of drug-likeness (QED) is 0.355. The van der Waals surface area contributed by atoms with Gasteiger partial charge in [-0.3, -0.25) is 0 Å². The lowest BCUT2D eigenvalue weighted by Crippen LogP contribution is -2.51. The fourth-order valence-electron chi connectivity index (χ4n) is 3.62. The van der Waals surface area contributed by atoms with Gasteiger partial charge in [0.05, 0.1) is 12.6 Å². The molecule has 0 aliphatic heterocycles. The number of aliphatic imine (C=N–C) groups is 2. The number of isocyanates is 2. The van der Waals surface area contributed by atoms with Crippen molar-refractivity contribution < 1.29 is 14.4 Å². The first kappa shape index (κ1) is 21.8. The zero-order valence-electron chi connectivity index (χ0n) is 15.7. The third-order valence-corrected chi connectivity index (χ3v) is 5.21. The molecule has 0 saturated heterocycles. The lowest BCUT2D eigenvalue weighted by Gasteiger charge is -2.31. The van der Waals surface area contributed by atoms with E-state index in [4.69, 9.17) is 0 Å². The largest absolute Gasteiger partial charge is 0.335 e. The normalized spacial score (nSPS) is 22.7. The van der Waals surface area contributed by atoms with Gasteiger partial charge in [-0.2, -0.15) is 0 Å². The van der Waals surface area contributed by atoms with E-state index in [-0.39, 0.29) is 36.6 Å². The summed E-state index contributed by atoms with van der Waals surface area (Å²) in [5.74, 6) is 0.284. The fourth-order valence-corrected chi connectivity index (χ4v) is 3.62. The highest BCUT2D eigenvalue weighted by molar-refractivity contribution is 5.74. The Morgan fingerprint density at radius 1 is 1.19 bits per heavy atom. The minimum absolute atomic E-state index is 0.158. The number of allylic oxidation sites excluding steroid dienone is 1. The molecule has 3 unspecified atom stereocenters. The number of amides is 2. The van der Waals surface area contributed by atoms with Crippen molar-refractivity contribution in [1.29, 1.82) is 0 Å². The van der Waals surface area contributed by atoms with E-state index in [0.29, 0.717) is 18.8 Å². The number of nitrogens with one attached hydrogen (secondary N) is 2. The maximum absolute atomic E-state index is 12.4. The molecule has 1 rings (SSSR count). The fraction of sp³-hybridized carbons (Fsp3) is 0.737. The molecule has 2 N–H and O–H groups in total. The molecule has 0 heterocycles. The van der Waals surface area contributed by atoms with Crippen molar-refractivity contribution in [1.82, 2.24) is 10.6 Å². The topological polar surface area (TPSA) is 100.0 Å². The van der Waals surface area contributed by atoms with E-state index in [1.54, 1.807) is 6.08 Å². The number of carbonyl (C=O) groups is 1. The van der Waals surface area contributed by atoms with Crippen LogP contribution in [0.15, 0.2) is 22.6 Å². The van der Waals surface area contributed by atoms with Gasteiger partial charge < -0.3 is 10.6 Å². The molecule has 2 amide bonds. The molecule has 1 saturated carbocycles. The molecule has 1 fully saturated rings. The number of rotatable bonds is 10. The van der Waals surface area contributed by atoms with Crippen molar-refractivity contribution in [2.24, 2.45) is 21.8 Å². The van der Waals surface area contributed by atoms with E-state index >= 15 is 0 Å². The number of nitrogens with zero attached hydrogens (tertiary/aromatic N) is 2. The maximum Gasteiger partial charge on any atom is 0.315 e. The molecule has 1 aliphatic carbocycles. The second-order valence-corrected chi connectivity index (χ2v) is 6.77. The van der Waals surface area contributed by atoms with Crippen molar-refractivity contribution in [3.8, 4) is 0 Å². The Balaban J connectivity index is 2.70. The van der Waals surface area contributed by atoms with Crippen LogP contribution in [-0.2, 0) is 9.59 Å². The van der Waals surface area contributed by atoms with Gasteiger partial charge in [-0.05, 0) is 44.4 Å². The summed E-state index contributed by atoms with van der Waals surface area (Å²) in [5, 5.41) is 6.00. The highest BCUT2D eigenvalue weighted by Gasteiger charge is 2.29. The van der Waals surface area contributed by atoms with Crippen LogP contribution in [0.4, 0.5) is 4.79 Å². The summed E-state index contributed by atoms with van der Waals surface area (Å²) >= 11 is 0. The summed E-state index contributed by atoms with van der Waals surface area (Å²) < 4.78 is 0. The molecule has 7 nitrogen and oxygen atoms in total. The first-order chi connectivity index (χ1) is 12.6. The Hall–Kier alpha value is -2.23. The molecule has 0 radical (unpaired) electrons. The monoisotopic (exact) mass is 362 g/mol. The number of carbonyl (C=O) groups excluding carboxylic acids is 3. The summed E-state index contributed by atoms with van der Waals surface area (Å²) in [7, 11) is 0. The lowest BCUT2D eigenvalue weighted by atomic mass is 9.86. The molecule has 0 aromatic carbocycles. The molecule has 7 heteroatoms. The van der Waals surface area contributed by atoms with Crippen LogP contribution in [0, 0.1) is 11.8 Å². The van der Waals surface area contributed by atoms with Gasteiger partial charge in [0.1, 0.15) is 0 Å². The number of hydrogen-bond donors (Lipinski definition) is 2. The van der Waals surface area contributed by atoms with Gasteiger partial charge in [0, 0.05) is 18.0 Å². The third kappa shape index (κ3) is 6.95. The van der Waals surface area contributed by atoms with Crippen LogP contribution in [-0.4, -0.2) is 42.9 Å². The van der Waals surface area contributed by atoms with E-state index in [9.17, 15) is 14.4 Å². The summed E-state index contributed by atoms with van der Waals surface area (Å²) in [4.78, 5) is 41.1. The van der Waals surface area contributed by atoms with Gasteiger partial charge in [0.25, 0.3) is 0 Å². The maximum atomic E-state index is 12.4. The summed E-state index contributed by atoms with van der Waals surface area (Å²) in [5.41, 5.74) is 0. The van der Waals surface area contributed by atoms with Gasteiger partial charge >= 0.3 is 6.03 Å². The molecular weight excluding hydrogens is 332 g/mol. The second-order valence-electron chi connectivity index (χ2n) is 6.77. The van der Waals surface area contributed by atoms with Gasteiger partial charge in [-0.15, -0.1) is 6.58 Å². The predicted octanol–water partition coefficient (Wildman–Crippen LogP) is 2.88. The number of hydrogen-bond acceptors (Lipinski definition) is 5. The summed E-state index contributed by atoms with van der Waals surface area (Å²) in [6.07, 6.45) is 10.3. The van der Waals surface area contributed by atoms with E-state index in [1.165, 1.54) is 6.08 Å². The van der Waals surface area contributed by atoms with Gasteiger partial charge in [-0.1, -0.05) is 19.9 Å². The smallest absolute Gasteiger partial charge is 0.315 e. The van der Waals surface area contributed by atoms with Crippen molar-refractivity contribution in [2.75, 3.05) is 6.54 Å². The summed E-state index contributed by atoms with van der Waals surface area (Å²) in [6, 6.07) is -0.675. The molecule has 0 spiro atoms. The van der Waals surface area contributed by atoms with Gasteiger partial charge in [-0.25, -0.2) is 24.4 Å². The van der Waals surface area contributed by atoms with Crippen LogP contribution in [0.2, 0.25) is 0 Å². The number of urea groups is 1. The second kappa shape index (κ2) is 12.2. The molecule has 144 valence electrons. The Kier molecular flexibility index (Phi) is 10.2. The van der Waals surface area contributed by atoms with Crippen LogP contribution in [0.3, 0.4) is 0 Å². The van der Waals surface area contributed by atoms with Crippen LogP contribution in [0.1, 0.15) is 52.4 Å². The van der Waals surface area contributed by atoms with Crippen molar-refractivity contribution in [3.63, 3.8) is 0 Å². The lowest BCUT2D eigenvalue weighted by molar-refractivity contribution is 0.216. The highest BCUT2D eigenvalue weighted by Crippen LogP contribution is 2.25. The Bertz CT molecular complexity index is 545. The van der Waals surface area contributed by atoms with Crippen LogP contribution >= 0.6 is 0 Å². The van der Waals surface area contributed by atoms with Crippen LogP contribution < -0.4 is 10.6 Å². The molecule has 0 aromatic rings. The first-order valence-corrected chi connectivity index (χ1v) is 9.39. The predicted molar refractivity (Wildman–Crippen MR) is 100 cm³/mol. The van der Waals surface area contributed by atoms with Gasteiger partial charge in [0.2, 0.25) is 12.2 Å². The van der Waals surface area contributed by atoms with Crippen molar-refractivity contribution in [3.05, 3.63) is 12.7 Å². The molecule has 26 heavy (non-hydrogen) atoms. The van der Waals surface area contributed by atoms with Crippen molar-refractivity contribution >= 4 is 18.2 Å². The standard InChI is InChI=1S/C19H30N4O3/c1-4-14-7-9-15(10-8-14)22-19(26)23-18(6-3)16(11-20-12-24)17(5-2)21-13-25/h4,14-18H,1,5-11H2,2-3H3,(H2,22,23,26). The van der Waals surface area contributed by atoms with E-state index in [1.807, 2.05) is 19.9 Å². The van der Waals surface area contributed by atoms with Crippen LogP contribution in [0.5, 0.6) is 0 Å². The Labute approximate surface area is 155 Å². The Morgan fingerprint density at radius 3 is 2.38 bits per heavy atom.